The fraction of sp³-hybridized carbons (Fsp3) is 0.929. The molecule has 1 saturated heterocycles. The highest BCUT2D eigenvalue weighted by Gasteiger charge is 2.33. The van der Waals surface area contributed by atoms with E-state index in [1.54, 1.807) is 0 Å². The molecule has 1 saturated carbocycles. The number of cyclic esters (lactones) is 1. The number of nitrogens with one attached hydrogen (secondary N) is 1. The second-order valence-corrected chi connectivity index (χ2v) is 6.04. The fourth-order valence-electron chi connectivity index (χ4n) is 3.24. The van der Waals surface area contributed by atoms with E-state index in [0.29, 0.717) is 17.9 Å². The topological polar surface area (TPSA) is 38.3 Å². The first-order valence-corrected chi connectivity index (χ1v) is 7.12. The van der Waals surface area contributed by atoms with Crippen LogP contribution in [0, 0.1) is 11.8 Å². The molecule has 3 heteroatoms. The van der Waals surface area contributed by atoms with Crippen molar-refractivity contribution in [2.75, 3.05) is 0 Å². The van der Waals surface area contributed by atoms with Gasteiger partial charge in [0.05, 0.1) is 0 Å². The first kappa shape index (κ1) is 12.7. The Morgan fingerprint density at radius 3 is 2.65 bits per heavy atom. The zero-order valence-electron chi connectivity index (χ0n) is 11.1. The first-order chi connectivity index (χ1) is 8.15. The number of ether oxygens (including phenoxy) is 1. The molecular weight excluding hydrogens is 214 g/mol. The van der Waals surface area contributed by atoms with E-state index in [1.165, 1.54) is 32.1 Å². The molecule has 2 rings (SSSR count). The van der Waals surface area contributed by atoms with Crippen molar-refractivity contribution in [3.8, 4) is 0 Å². The zero-order chi connectivity index (χ0) is 12.3. The number of amides is 1. The van der Waals surface area contributed by atoms with Gasteiger partial charge in [0.1, 0.15) is 6.10 Å². The van der Waals surface area contributed by atoms with Crippen LogP contribution in [0.3, 0.4) is 0 Å². The van der Waals surface area contributed by atoms with Crippen LogP contribution in [-0.2, 0) is 4.74 Å². The van der Waals surface area contributed by atoms with Gasteiger partial charge in [-0.2, -0.15) is 0 Å². The monoisotopic (exact) mass is 239 g/mol. The predicted octanol–water partition coefficient (Wildman–Crippen LogP) is 3.48. The van der Waals surface area contributed by atoms with Gasteiger partial charge >= 0.3 is 6.09 Å². The first-order valence-electron chi connectivity index (χ1n) is 7.12. The van der Waals surface area contributed by atoms with Gasteiger partial charge in [-0.1, -0.05) is 33.1 Å². The molecule has 2 fully saturated rings. The van der Waals surface area contributed by atoms with E-state index in [1.807, 2.05) is 0 Å². The van der Waals surface area contributed by atoms with Crippen LogP contribution in [0.5, 0.6) is 0 Å². The summed E-state index contributed by atoms with van der Waals surface area (Å²) in [5.74, 6) is 1.28. The van der Waals surface area contributed by atoms with E-state index >= 15 is 0 Å². The summed E-state index contributed by atoms with van der Waals surface area (Å²) in [5.41, 5.74) is 0. The highest BCUT2D eigenvalue weighted by molar-refractivity contribution is 5.68. The molecule has 3 nitrogen and oxygen atoms in total. The van der Waals surface area contributed by atoms with Gasteiger partial charge in [0.15, 0.2) is 0 Å². The van der Waals surface area contributed by atoms with Crippen molar-refractivity contribution in [3.05, 3.63) is 0 Å². The smallest absolute Gasteiger partial charge is 0.407 e. The van der Waals surface area contributed by atoms with E-state index in [4.69, 9.17) is 4.74 Å². The quantitative estimate of drug-likeness (QED) is 0.818. The number of carbonyl (C=O) groups excluding carboxylic acids is 1. The Labute approximate surface area is 104 Å². The lowest BCUT2D eigenvalue weighted by Gasteiger charge is -2.37. The van der Waals surface area contributed by atoms with Gasteiger partial charge in [0.2, 0.25) is 0 Å². The third-order valence-electron chi connectivity index (χ3n) is 4.05. The van der Waals surface area contributed by atoms with Crippen LogP contribution in [0.2, 0.25) is 0 Å². The maximum atomic E-state index is 11.6. The molecule has 98 valence electrons. The van der Waals surface area contributed by atoms with Gasteiger partial charge < -0.3 is 10.1 Å². The van der Waals surface area contributed by atoms with Crippen molar-refractivity contribution in [1.82, 2.24) is 5.32 Å². The second kappa shape index (κ2) is 5.74. The molecule has 0 aromatic carbocycles. The fourth-order valence-corrected chi connectivity index (χ4v) is 3.24. The van der Waals surface area contributed by atoms with Crippen LogP contribution in [0.15, 0.2) is 0 Å². The third kappa shape index (κ3) is 3.62. The number of hydrogen-bond acceptors (Lipinski definition) is 2. The lowest BCUT2D eigenvalue weighted by atomic mass is 9.81. The summed E-state index contributed by atoms with van der Waals surface area (Å²) in [4.78, 5) is 11.6. The zero-order valence-corrected chi connectivity index (χ0v) is 11.1. The normalized spacial score (nSPS) is 31.1. The lowest BCUT2D eigenvalue weighted by Crippen LogP contribution is -2.49. The van der Waals surface area contributed by atoms with Gasteiger partial charge in [0, 0.05) is 12.5 Å². The number of hydrogen-bond donors (Lipinski definition) is 1. The van der Waals surface area contributed by atoms with Crippen molar-refractivity contribution in [3.63, 3.8) is 0 Å². The Morgan fingerprint density at radius 2 is 2.00 bits per heavy atom. The molecule has 1 aliphatic carbocycles. The molecule has 0 spiro atoms. The molecule has 2 aliphatic rings. The minimum atomic E-state index is -0.197. The van der Waals surface area contributed by atoms with E-state index in [2.05, 4.69) is 19.2 Å². The summed E-state index contributed by atoms with van der Waals surface area (Å²) in [6.45, 7) is 4.37. The Balaban J connectivity index is 1.90. The number of alkyl carbamates (subject to hydrolysis) is 1. The second-order valence-electron chi connectivity index (χ2n) is 6.04. The molecule has 0 unspecified atom stereocenters. The maximum Gasteiger partial charge on any atom is 0.407 e. The van der Waals surface area contributed by atoms with Crippen LogP contribution in [0.4, 0.5) is 4.79 Å². The van der Waals surface area contributed by atoms with Crippen LogP contribution in [0.25, 0.3) is 0 Å². The lowest BCUT2D eigenvalue weighted by molar-refractivity contribution is 0.0338. The van der Waals surface area contributed by atoms with Crippen LogP contribution in [0.1, 0.15) is 58.8 Å². The highest BCUT2D eigenvalue weighted by atomic mass is 16.6. The minimum Gasteiger partial charge on any atom is -0.446 e. The van der Waals surface area contributed by atoms with Crippen LogP contribution in [-0.4, -0.2) is 18.2 Å². The third-order valence-corrected chi connectivity index (χ3v) is 4.05. The molecule has 1 N–H and O–H groups in total. The van der Waals surface area contributed by atoms with E-state index in [-0.39, 0.29) is 12.2 Å². The molecule has 1 heterocycles. The van der Waals surface area contributed by atoms with E-state index in [0.717, 1.165) is 12.8 Å². The van der Waals surface area contributed by atoms with E-state index < -0.39 is 0 Å². The number of carbonyl (C=O) groups is 1. The van der Waals surface area contributed by atoms with E-state index in [9.17, 15) is 4.79 Å². The molecule has 0 aromatic rings. The molecule has 1 aliphatic heterocycles. The Bertz CT molecular complexity index is 259. The summed E-state index contributed by atoms with van der Waals surface area (Å²) < 4.78 is 5.37. The summed E-state index contributed by atoms with van der Waals surface area (Å²) in [6, 6.07) is 0.361. The van der Waals surface area contributed by atoms with Crippen molar-refractivity contribution in [1.29, 1.82) is 0 Å². The van der Waals surface area contributed by atoms with Crippen molar-refractivity contribution < 1.29 is 9.53 Å². The van der Waals surface area contributed by atoms with Gasteiger partial charge in [-0.3, -0.25) is 0 Å². The van der Waals surface area contributed by atoms with Gasteiger partial charge in [0.25, 0.3) is 0 Å². The predicted molar refractivity (Wildman–Crippen MR) is 67.8 cm³/mol. The Hall–Kier alpha value is -0.730. The molecule has 0 radical (unpaired) electrons. The molecule has 1 amide bonds. The van der Waals surface area contributed by atoms with Gasteiger partial charge in [-0.25, -0.2) is 4.79 Å². The molecule has 0 bridgehead atoms. The van der Waals surface area contributed by atoms with Crippen molar-refractivity contribution >= 4 is 6.09 Å². The molecule has 0 aromatic heterocycles. The van der Waals surface area contributed by atoms with Crippen LogP contribution < -0.4 is 5.32 Å². The average molecular weight is 239 g/mol. The summed E-state index contributed by atoms with van der Waals surface area (Å²) in [6.07, 6.45) is 8.51. The standard InChI is InChI=1S/C14H25NO2/c1-10(2)8-12-9-13(15-14(16)17-12)11-6-4-3-5-7-11/h10-13H,3-9H2,1-2H3,(H,15,16)/t12-,13-/m0/s1. The highest BCUT2D eigenvalue weighted by Crippen LogP contribution is 2.31. The largest absolute Gasteiger partial charge is 0.446 e. The minimum absolute atomic E-state index is 0.135. The van der Waals surface area contributed by atoms with Crippen LogP contribution >= 0.6 is 0 Å². The summed E-state index contributed by atoms with van der Waals surface area (Å²) in [5, 5.41) is 3.03. The average Bonchev–Trinajstić information content (AvgIpc) is 2.28. The maximum absolute atomic E-state index is 11.6. The Kier molecular flexibility index (Phi) is 4.30. The van der Waals surface area contributed by atoms with Gasteiger partial charge in [-0.05, 0) is 31.1 Å². The van der Waals surface area contributed by atoms with Crippen molar-refractivity contribution in [2.45, 2.75) is 70.9 Å². The molecular formula is C14H25NO2. The summed E-state index contributed by atoms with van der Waals surface area (Å²) in [7, 11) is 0. The summed E-state index contributed by atoms with van der Waals surface area (Å²) >= 11 is 0. The SMILES string of the molecule is CC(C)C[C@H]1C[C@@H](C2CCCCC2)NC(=O)O1. The Morgan fingerprint density at radius 1 is 1.29 bits per heavy atom. The number of rotatable bonds is 3. The molecule has 2 atom stereocenters. The van der Waals surface area contributed by atoms with Crippen molar-refractivity contribution in [2.24, 2.45) is 11.8 Å². The molecule has 17 heavy (non-hydrogen) atoms. The van der Waals surface area contributed by atoms with Gasteiger partial charge in [-0.15, -0.1) is 0 Å².